The highest BCUT2D eigenvalue weighted by molar-refractivity contribution is 6.04. The van der Waals surface area contributed by atoms with Gasteiger partial charge in [0.2, 0.25) is 17.7 Å². The zero-order chi connectivity index (χ0) is 22.1. The van der Waals surface area contributed by atoms with E-state index in [0.717, 1.165) is 23.4 Å². The number of hydrogen-bond donors (Lipinski definition) is 1. The second kappa shape index (κ2) is 8.29. The van der Waals surface area contributed by atoms with Gasteiger partial charge in [0, 0.05) is 61.7 Å². The molecule has 0 unspecified atom stereocenters. The first-order chi connectivity index (χ1) is 14.9. The van der Waals surface area contributed by atoms with Gasteiger partial charge in [-0.25, -0.2) is 0 Å². The van der Waals surface area contributed by atoms with E-state index in [2.05, 4.69) is 5.32 Å². The van der Waals surface area contributed by atoms with Gasteiger partial charge in [0.15, 0.2) is 0 Å². The predicted molar refractivity (Wildman–Crippen MR) is 117 cm³/mol. The monoisotopic (exact) mass is 423 g/mol. The van der Waals surface area contributed by atoms with Crippen LogP contribution in [0, 0.1) is 5.92 Å². The number of fused-ring (bicyclic) bond motifs is 1. The van der Waals surface area contributed by atoms with Crippen molar-refractivity contribution in [1.82, 2.24) is 0 Å². The summed E-state index contributed by atoms with van der Waals surface area (Å²) in [7, 11) is 3.08. The SMILES string of the molecule is COc1cc(NC(=O)[C@H]2CC(=O)N(c3ccc4c(c3)CCN4C(C)=O)C2)cc(OC)c1. The van der Waals surface area contributed by atoms with E-state index in [0.29, 0.717) is 30.3 Å². The second-order valence-corrected chi connectivity index (χ2v) is 7.73. The van der Waals surface area contributed by atoms with Crippen molar-refractivity contribution in [2.75, 3.05) is 42.4 Å². The number of nitrogens with zero attached hydrogens (tertiary/aromatic N) is 2. The van der Waals surface area contributed by atoms with Gasteiger partial charge < -0.3 is 24.6 Å². The lowest BCUT2D eigenvalue weighted by atomic mass is 10.1. The van der Waals surface area contributed by atoms with Crippen LogP contribution in [-0.2, 0) is 20.8 Å². The number of rotatable bonds is 5. The second-order valence-electron chi connectivity index (χ2n) is 7.73. The highest BCUT2D eigenvalue weighted by atomic mass is 16.5. The molecule has 31 heavy (non-hydrogen) atoms. The molecule has 0 aliphatic carbocycles. The van der Waals surface area contributed by atoms with Crippen LogP contribution in [0.1, 0.15) is 18.9 Å². The fourth-order valence-electron chi connectivity index (χ4n) is 4.14. The van der Waals surface area contributed by atoms with Gasteiger partial charge in [-0.2, -0.15) is 0 Å². The highest BCUT2D eigenvalue weighted by Gasteiger charge is 2.36. The number of amides is 3. The highest BCUT2D eigenvalue weighted by Crippen LogP contribution is 2.34. The van der Waals surface area contributed by atoms with E-state index >= 15 is 0 Å². The van der Waals surface area contributed by atoms with Gasteiger partial charge in [0.25, 0.3) is 0 Å². The first kappa shape index (κ1) is 20.7. The van der Waals surface area contributed by atoms with Crippen LogP contribution in [0.4, 0.5) is 17.1 Å². The zero-order valence-electron chi connectivity index (χ0n) is 17.8. The Hall–Kier alpha value is -3.55. The van der Waals surface area contributed by atoms with Crippen LogP contribution in [0.2, 0.25) is 0 Å². The molecule has 8 heteroatoms. The molecule has 162 valence electrons. The third-order valence-electron chi connectivity index (χ3n) is 5.77. The average Bonchev–Trinajstić information content (AvgIpc) is 3.36. The summed E-state index contributed by atoms with van der Waals surface area (Å²) >= 11 is 0. The Bertz CT molecular complexity index is 1030. The van der Waals surface area contributed by atoms with Gasteiger partial charge in [-0.1, -0.05) is 0 Å². The Kier molecular flexibility index (Phi) is 5.54. The molecule has 1 atom stereocenters. The molecule has 1 N–H and O–H groups in total. The maximum absolute atomic E-state index is 12.8. The number of benzene rings is 2. The van der Waals surface area contributed by atoms with E-state index in [9.17, 15) is 14.4 Å². The largest absolute Gasteiger partial charge is 0.497 e. The van der Waals surface area contributed by atoms with E-state index in [1.807, 2.05) is 18.2 Å². The van der Waals surface area contributed by atoms with Gasteiger partial charge in [-0.15, -0.1) is 0 Å². The molecule has 1 saturated heterocycles. The van der Waals surface area contributed by atoms with Crippen molar-refractivity contribution < 1.29 is 23.9 Å². The number of nitrogens with one attached hydrogen (secondary N) is 1. The number of carbonyl (C=O) groups is 3. The quantitative estimate of drug-likeness (QED) is 0.799. The summed E-state index contributed by atoms with van der Waals surface area (Å²) in [5.41, 5.74) is 3.24. The summed E-state index contributed by atoms with van der Waals surface area (Å²) in [6, 6.07) is 10.8. The molecule has 0 radical (unpaired) electrons. The molecule has 2 aromatic rings. The standard InChI is InChI=1S/C23H25N3O5/c1-14(27)25-7-6-15-8-18(4-5-21(15)25)26-13-16(9-22(26)28)23(29)24-17-10-19(30-2)12-20(11-17)31-3/h4-5,8,10-12,16H,6-7,9,13H2,1-3H3,(H,24,29)/t16-/m0/s1. The molecule has 0 saturated carbocycles. The Morgan fingerprint density at radius 1 is 1.06 bits per heavy atom. The predicted octanol–water partition coefficient (Wildman–Crippen LogP) is 2.60. The Morgan fingerprint density at radius 2 is 1.77 bits per heavy atom. The van der Waals surface area contributed by atoms with Crippen molar-refractivity contribution in [2.45, 2.75) is 19.8 Å². The Labute approximate surface area is 180 Å². The molecule has 1 fully saturated rings. The van der Waals surface area contributed by atoms with Crippen LogP contribution in [0.25, 0.3) is 0 Å². The molecule has 0 spiro atoms. The van der Waals surface area contributed by atoms with Crippen molar-refractivity contribution >= 4 is 34.8 Å². The number of anilines is 3. The summed E-state index contributed by atoms with van der Waals surface area (Å²) in [6.45, 7) is 2.51. The molecule has 4 rings (SSSR count). The van der Waals surface area contributed by atoms with E-state index in [4.69, 9.17) is 9.47 Å². The zero-order valence-corrected chi connectivity index (χ0v) is 17.8. The van der Waals surface area contributed by atoms with Crippen LogP contribution < -0.4 is 24.6 Å². The molecule has 8 nitrogen and oxygen atoms in total. The van der Waals surface area contributed by atoms with E-state index < -0.39 is 5.92 Å². The summed E-state index contributed by atoms with van der Waals surface area (Å²) in [5, 5.41) is 2.86. The van der Waals surface area contributed by atoms with Crippen LogP contribution in [-0.4, -0.2) is 45.0 Å². The van der Waals surface area contributed by atoms with Crippen molar-refractivity contribution in [2.24, 2.45) is 5.92 Å². The van der Waals surface area contributed by atoms with Gasteiger partial charge >= 0.3 is 0 Å². The molecule has 2 heterocycles. The van der Waals surface area contributed by atoms with Crippen LogP contribution in [0.5, 0.6) is 11.5 Å². The van der Waals surface area contributed by atoms with Crippen LogP contribution >= 0.6 is 0 Å². The van der Waals surface area contributed by atoms with Crippen molar-refractivity contribution in [1.29, 1.82) is 0 Å². The number of carbonyl (C=O) groups excluding carboxylic acids is 3. The number of methoxy groups -OCH3 is 2. The molecule has 3 amide bonds. The maximum Gasteiger partial charge on any atom is 0.229 e. The molecular formula is C23H25N3O5. The minimum absolute atomic E-state index is 0.00894. The topological polar surface area (TPSA) is 88.2 Å². The molecule has 2 aliphatic rings. The maximum atomic E-state index is 12.8. The fourth-order valence-corrected chi connectivity index (χ4v) is 4.14. The smallest absolute Gasteiger partial charge is 0.229 e. The number of ether oxygens (including phenoxy) is 2. The van der Waals surface area contributed by atoms with Crippen molar-refractivity contribution in [3.05, 3.63) is 42.0 Å². The fraction of sp³-hybridized carbons (Fsp3) is 0.348. The van der Waals surface area contributed by atoms with Gasteiger partial charge in [-0.3, -0.25) is 14.4 Å². The first-order valence-corrected chi connectivity index (χ1v) is 10.1. The third-order valence-corrected chi connectivity index (χ3v) is 5.77. The Morgan fingerprint density at radius 3 is 2.42 bits per heavy atom. The van der Waals surface area contributed by atoms with E-state index in [1.165, 1.54) is 0 Å². The summed E-state index contributed by atoms with van der Waals surface area (Å²) in [5.74, 6) is 0.356. The summed E-state index contributed by atoms with van der Waals surface area (Å²) in [4.78, 5) is 40.6. The van der Waals surface area contributed by atoms with Gasteiger partial charge in [0.05, 0.1) is 20.1 Å². The summed E-state index contributed by atoms with van der Waals surface area (Å²) in [6.07, 6.45) is 0.899. The van der Waals surface area contributed by atoms with Gasteiger partial charge in [0.1, 0.15) is 11.5 Å². The lowest BCUT2D eigenvalue weighted by molar-refractivity contribution is -0.122. The van der Waals surface area contributed by atoms with Crippen molar-refractivity contribution in [3.8, 4) is 11.5 Å². The van der Waals surface area contributed by atoms with Crippen LogP contribution in [0.3, 0.4) is 0 Å². The van der Waals surface area contributed by atoms with E-state index in [1.54, 1.807) is 49.1 Å². The third kappa shape index (κ3) is 4.05. The van der Waals surface area contributed by atoms with Gasteiger partial charge in [-0.05, 0) is 30.2 Å². The molecule has 0 aromatic heterocycles. The molecule has 2 aromatic carbocycles. The molecule has 0 bridgehead atoms. The first-order valence-electron chi connectivity index (χ1n) is 10.1. The van der Waals surface area contributed by atoms with E-state index in [-0.39, 0.29) is 24.1 Å². The Balaban J connectivity index is 1.47. The van der Waals surface area contributed by atoms with Crippen LogP contribution in [0.15, 0.2) is 36.4 Å². The summed E-state index contributed by atoms with van der Waals surface area (Å²) < 4.78 is 10.5. The lowest BCUT2D eigenvalue weighted by Gasteiger charge is -2.19. The normalized spacial score (nSPS) is 17.5. The van der Waals surface area contributed by atoms with Crippen molar-refractivity contribution in [3.63, 3.8) is 0 Å². The average molecular weight is 423 g/mol. The minimum atomic E-state index is -0.466. The number of hydrogen-bond acceptors (Lipinski definition) is 5. The lowest BCUT2D eigenvalue weighted by Crippen LogP contribution is -2.28. The molecule has 2 aliphatic heterocycles. The minimum Gasteiger partial charge on any atom is -0.497 e. The molecular weight excluding hydrogens is 398 g/mol.